The molecule has 0 radical (unpaired) electrons. The zero-order valence-electron chi connectivity index (χ0n) is 7.50. The van der Waals surface area contributed by atoms with Gasteiger partial charge in [0.05, 0.1) is 12.7 Å². The molecule has 1 unspecified atom stereocenters. The Bertz CT molecular complexity index is 130. The van der Waals surface area contributed by atoms with Crippen molar-refractivity contribution in [2.75, 3.05) is 20.3 Å². The maximum Gasteiger partial charge on any atom is 0.111 e. The van der Waals surface area contributed by atoms with Gasteiger partial charge in [-0.2, -0.15) is 0 Å². The van der Waals surface area contributed by atoms with Gasteiger partial charge in [-0.3, -0.25) is 0 Å². The largest absolute Gasteiger partial charge is 0.394 e. The summed E-state index contributed by atoms with van der Waals surface area (Å²) < 4.78 is 4.67. The number of ether oxygens (including phenoxy) is 1. The van der Waals surface area contributed by atoms with Crippen LogP contribution in [-0.2, 0) is 4.74 Å². The van der Waals surface area contributed by atoms with Crippen LogP contribution in [0.4, 0.5) is 0 Å². The Kier molecular flexibility index (Phi) is 6.13. The third-order valence-corrected chi connectivity index (χ3v) is 1.85. The van der Waals surface area contributed by atoms with E-state index in [-0.39, 0.29) is 6.54 Å². The first-order valence-electron chi connectivity index (χ1n) is 3.96. The van der Waals surface area contributed by atoms with Crippen LogP contribution in [0.15, 0.2) is 0 Å². The second-order valence-electron chi connectivity index (χ2n) is 2.74. The van der Waals surface area contributed by atoms with Crippen molar-refractivity contribution in [3.8, 4) is 0 Å². The van der Waals surface area contributed by atoms with E-state index in [2.05, 4.69) is 4.74 Å². The van der Waals surface area contributed by atoms with Crippen molar-refractivity contribution in [1.82, 2.24) is 0 Å². The SMILES string of the molecule is COC(CO)[C@@H](O)[C@H](O)[C@@H](O)CN. The minimum atomic E-state index is -1.41. The van der Waals surface area contributed by atoms with Crippen molar-refractivity contribution in [2.45, 2.75) is 24.4 Å². The Morgan fingerprint density at radius 3 is 2.08 bits per heavy atom. The summed E-state index contributed by atoms with van der Waals surface area (Å²) in [6.07, 6.45) is -4.91. The van der Waals surface area contributed by atoms with E-state index in [4.69, 9.17) is 15.9 Å². The van der Waals surface area contributed by atoms with E-state index in [0.29, 0.717) is 0 Å². The predicted octanol–water partition coefficient (Wildman–Crippen LogP) is -2.96. The molecule has 0 amide bonds. The molecule has 0 aromatic rings. The van der Waals surface area contributed by atoms with Crippen LogP contribution in [0, 0.1) is 0 Å². The van der Waals surface area contributed by atoms with Gasteiger partial charge in [0.25, 0.3) is 0 Å². The number of hydrogen-bond acceptors (Lipinski definition) is 6. The van der Waals surface area contributed by atoms with Gasteiger partial charge >= 0.3 is 0 Å². The molecule has 0 aliphatic rings. The Morgan fingerprint density at radius 1 is 1.23 bits per heavy atom. The van der Waals surface area contributed by atoms with Crippen LogP contribution < -0.4 is 5.73 Å². The van der Waals surface area contributed by atoms with Crippen molar-refractivity contribution in [3.63, 3.8) is 0 Å². The van der Waals surface area contributed by atoms with E-state index in [1.165, 1.54) is 7.11 Å². The highest BCUT2D eigenvalue weighted by Gasteiger charge is 2.30. The summed E-state index contributed by atoms with van der Waals surface area (Å²) in [5.74, 6) is 0. The molecule has 0 saturated carbocycles. The van der Waals surface area contributed by atoms with E-state index in [0.717, 1.165) is 0 Å². The lowest BCUT2D eigenvalue weighted by atomic mass is 10.0. The third kappa shape index (κ3) is 3.55. The molecule has 6 nitrogen and oxygen atoms in total. The van der Waals surface area contributed by atoms with E-state index >= 15 is 0 Å². The first-order valence-corrected chi connectivity index (χ1v) is 3.96. The van der Waals surface area contributed by atoms with Crippen molar-refractivity contribution < 1.29 is 25.2 Å². The summed E-state index contributed by atoms with van der Waals surface area (Å²) in [4.78, 5) is 0. The second kappa shape index (κ2) is 6.25. The molecule has 0 bridgehead atoms. The van der Waals surface area contributed by atoms with Crippen molar-refractivity contribution >= 4 is 0 Å². The van der Waals surface area contributed by atoms with Crippen LogP contribution in [0.2, 0.25) is 0 Å². The minimum absolute atomic E-state index is 0.167. The fourth-order valence-electron chi connectivity index (χ4n) is 0.909. The van der Waals surface area contributed by atoms with Gasteiger partial charge in [0, 0.05) is 13.7 Å². The van der Waals surface area contributed by atoms with Gasteiger partial charge in [0.2, 0.25) is 0 Å². The molecular weight excluding hydrogens is 178 g/mol. The third-order valence-electron chi connectivity index (χ3n) is 1.85. The zero-order valence-corrected chi connectivity index (χ0v) is 7.50. The average molecular weight is 195 g/mol. The van der Waals surface area contributed by atoms with Crippen LogP contribution in [0.1, 0.15) is 0 Å². The van der Waals surface area contributed by atoms with Crippen LogP contribution in [0.5, 0.6) is 0 Å². The van der Waals surface area contributed by atoms with Gasteiger partial charge in [0.1, 0.15) is 18.3 Å². The molecule has 0 aliphatic carbocycles. The fraction of sp³-hybridized carbons (Fsp3) is 1.00. The van der Waals surface area contributed by atoms with Crippen LogP contribution >= 0.6 is 0 Å². The average Bonchev–Trinajstić information content (AvgIpc) is 2.17. The molecule has 13 heavy (non-hydrogen) atoms. The van der Waals surface area contributed by atoms with Crippen LogP contribution in [0.25, 0.3) is 0 Å². The molecule has 0 rings (SSSR count). The molecule has 4 atom stereocenters. The van der Waals surface area contributed by atoms with Gasteiger partial charge in [0.15, 0.2) is 0 Å². The normalized spacial score (nSPS) is 20.8. The van der Waals surface area contributed by atoms with Crippen LogP contribution in [0.3, 0.4) is 0 Å². The van der Waals surface area contributed by atoms with Gasteiger partial charge in [-0.25, -0.2) is 0 Å². The Hall–Kier alpha value is -0.240. The van der Waals surface area contributed by atoms with Gasteiger partial charge in [-0.15, -0.1) is 0 Å². The highest BCUT2D eigenvalue weighted by atomic mass is 16.5. The quantitative estimate of drug-likeness (QED) is 0.309. The van der Waals surface area contributed by atoms with E-state index in [1.807, 2.05) is 0 Å². The highest BCUT2D eigenvalue weighted by Crippen LogP contribution is 2.06. The Morgan fingerprint density at radius 2 is 1.77 bits per heavy atom. The number of rotatable bonds is 6. The van der Waals surface area contributed by atoms with Gasteiger partial charge < -0.3 is 30.9 Å². The van der Waals surface area contributed by atoms with E-state index in [1.54, 1.807) is 0 Å². The molecular formula is C7H17NO5. The van der Waals surface area contributed by atoms with Crippen LogP contribution in [-0.4, -0.2) is 65.1 Å². The molecule has 0 saturated heterocycles. The summed E-state index contributed by atoms with van der Waals surface area (Å²) in [7, 11) is 1.28. The van der Waals surface area contributed by atoms with Crippen molar-refractivity contribution in [1.29, 1.82) is 0 Å². The monoisotopic (exact) mass is 195 g/mol. The molecule has 6 heteroatoms. The zero-order chi connectivity index (χ0) is 10.4. The molecule has 0 aromatic heterocycles. The number of methoxy groups -OCH3 is 1. The number of aliphatic hydroxyl groups excluding tert-OH is 4. The van der Waals surface area contributed by atoms with Crippen molar-refractivity contribution in [3.05, 3.63) is 0 Å². The first-order chi connectivity index (χ1) is 6.08. The van der Waals surface area contributed by atoms with E-state index < -0.39 is 31.0 Å². The second-order valence-corrected chi connectivity index (χ2v) is 2.74. The first kappa shape index (κ1) is 12.8. The molecule has 0 heterocycles. The highest BCUT2D eigenvalue weighted by molar-refractivity contribution is 4.81. The number of aliphatic hydroxyl groups is 4. The van der Waals surface area contributed by atoms with E-state index in [9.17, 15) is 10.2 Å². The maximum atomic E-state index is 9.33. The summed E-state index contributed by atoms with van der Waals surface area (Å²) in [5.41, 5.74) is 5.07. The van der Waals surface area contributed by atoms with Gasteiger partial charge in [-0.05, 0) is 0 Å². The lowest BCUT2D eigenvalue weighted by Crippen LogP contribution is -2.48. The molecule has 0 spiro atoms. The molecule has 0 fully saturated rings. The molecule has 6 N–H and O–H groups in total. The molecule has 0 aliphatic heterocycles. The lowest BCUT2D eigenvalue weighted by Gasteiger charge is -2.26. The topological polar surface area (TPSA) is 116 Å². The lowest BCUT2D eigenvalue weighted by molar-refractivity contribution is -0.123. The minimum Gasteiger partial charge on any atom is -0.394 e. The molecule has 80 valence electrons. The van der Waals surface area contributed by atoms with Crippen molar-refractivity contribution in [2.24, 2.45) is 5.73 Å². The number of nitrogens with two attached hydrogens (primary N) is 1. The summed E-state index contributed by atoms with van der Waals surface area (Å²) >= 11 is 0. The predicted molar refractivity (Wildman–Crippen MR) is 45.0 cm³/mol. The summed E-state index contributed by atoms with van der Waals surface area (Å²) in [6.45, 7) is -0.605. The summed E-state index contributed by atoms with van der Waals surface area (Å²) in [6, 6.07) is 0. The number of hydrogen-bond donors (Lipinski definition) is 5. The Labute approximate surface area is 76.6 Å². The maximum absolute atomic E-state index is 9.33. The summed E-state index contributed by atoms with van der Waals surface area (Å²) in [5, 5.41) is 36.3. The molecule has 0 aromatic carbocycles. The fourth-order valence-corrected chi connectivity index (χ4v) is 0.909. The standard InChI is InChI=1S/C7H17NO5/c1-13-5(3-9)7(12)6(11)4(10)2-8/h4-7,9-12H,2-3,8H2,1H3/t4-,5?,6+,7+/m0/s1. The Balaban J connectivity index is 4.13. The van der Waals surface area contributed by atoms with Gasteiger partial charge in [-0.1, -0.05) is 0 Å². The smallest absolute Gasteiger partial charge is 0.111 e.